The number of hydrogen-bond donors (Lipinski definition) is 2. The van der Waals surface area contributed by atoms with Crippen molar-refractivity contribution < 1.29 is 4.79 Å². The second-order valence-corrected chi connectivity index (χ2v) is 5.19. The summed E-state index contributed by atoms with van der Waals surface area (Å²) in [5.74, 6) is 1.15. The Morgan fingerprint density at radius 3 is 2.48 bits per heavy atom. The first-order valence-electron chi connectivity index (χ1n) is 7.06. The molecule has 2 rings (SSSR count). The van der Waals surface area contributed by atoms with Gasteiger partial charge in [-0.3, -0.25) is 4.79 Å². The Hall–Kier alpha value is -1.63. The van der Waals surface area contributed by atoms with Crippen molar-refractivity contribution in [3.63, 3.8) is 0 Å². The van der Waals surface area contributed by atoms with Crippen LogP contribution in [0.4, 0.5) is 0 Å². The third kappa shape index (κ3) is 5.82. The van der Waals surface area contributed by atoms with Crippen LogP contribution in [-0.2, 0) is 13.1 Å². The SMILES string of the molecule is CC(C)c1nncn1CCNC(=O)c1ccc(CN)cc1.Cl.Cl. The van der Waals surface area contributed by atoms with Crippen LogP contribution in [0.15, 0.2) is 30.6 Å². The fraction of sp³-hybridized carbons (Fsp3) is 0.400. The lowest BCUT2D eigenvalue weighted by atomic mass is 10.1. The molecule has 0 aliphatic heterocycles. The standard InChI is InChI=1S/C15H21N5O.2ClH/c1-11(2)14-19-18-10-20(14)8-7-17-15(21)13-5-3-12(9-16)4-6-13;;/h3-6,10-11H,7-9,16H2,1-2H3,(H,17,21);2*1H. The monoisotopic (exact) mass is 359 g/mol. The number of carbonyl (C=O) groups excluding carboxylic acids is 1. The molecule has 6 nitrogen and oxygen atoms in total. The van der Waals surface area contributed by atoms with Crippen molar-refractivity contribution in [1.82, 2.24) is 20.1 Å². The van der Waals surface area contributed by atoms with Crippen molar-refractivity contribution in [1.29, 1.82) is 0 Å². The van der Waals surface area contributed by atoms with E-state index in [1.165, 1.54) is 0 Å². The van der Waals surface area contributed by atoms with Crippen LogP contribution in [0.5, 0.6) is 0 Å². The molecular weight excluding hydrogens is 337 g/mol. The predicted molar refractivity (Wildman–Crippen MR) is 95.3 cm³/mol. The minimum absolute atomic E-state index is 0. The van der Waals surface area contributed by atoms with E-state index in [0.717, 1.165) is 11.4 Å². The number of rotatable bonds is 6. The van der Waals surface area contributed by atoms with E-state index >= 15 is 0 Å². The van der Waals surface area contributed by atoms with Gasteiger partial charge in [-0.1, -0.05) is 26.0 Å². The summed E-state index contributed by atoms with van der Waals surface area (Å²) in [6, 6.07) is 7.31. The molecule has 1 aromatic heterocycles. The van der Waals surface area contributed by atoms with Gasteiger partial charge >= 0.3 is 0 Å². The van der Waals surface area contributed by atoms with Crippen LogP contribution in [0, 0.1) is 0 Å². The Morgan fingerprint density at radius 1 is 1.26 bits per heavy atom. The molecule has 0 aliphatic carbocycles. The summed E-state index contributed by atoms with van der Waals surface area (Å²) in [7, 11) is 0. The minimum Gasteiger partial charge on any atom is -0.350 e. The second-order valence-electron chi connectivity index (χ2n) is 5.19. The molecule has 0 saturated heterocycles. The van der Waals surface area contributed by atoms with Crippen LogP contribution in [0.1, 0.15) is 41.5 Å². The van der Waals surface area contributed by atoms with Gasteiger partial charge in [-0.2, -0.15) is 0 Å². The summed E-state index contributed by atoms with van der Waals surface area (Å²) in [6.07, 6.45) is 1.69. The molecular formula is C15H23Cl2N5O. The van der Waals surface area contributed by atoms with Crippen LogP contribution in [-0.4, -0.2) is 27.2 Å². The maximum Gasteiger partial charge on any atom is 0.251 e. The summed E-state index contributed by atoms with van der Waals surface area (Å²) in [4.78, 5) is 12.0. The van der Waals surface area contributed by atoms with Gasteiger partial charge in [0.25, 0.3) is 5.91 Å². The molecule has 0 bridgehead atoms. The van der Waals surface area contributed by atoms with E-state index < -0.39 is 0 Å². The molecule has 23 heavy (non-hydrogen) atoms. The van der Waals surface area contributed by atoms with Crippen LogP contribution >= 0.6 is 24.8 Å². The van der Waals surface area contributed by atoms with Gasteiger partial charge in [0.15, 0.2) is 0 Å². The summed E-state index contributed by atoms with van der Waals surface area (Å²) in [5, 5.41) is 10.9. The molecule has 0 spiro atoms. The van der Waals surface area contributed by atoms with Gasteiger partial charge in [0.1, 0.15) is 12.2 Å². The Morgan fingerprint density at radius 2 is 1.91 bits per heavy atom. The van der Waals surface area contributed by atoms with Gasteiger partial charge in [-0.05, 0) is 17.7 Å². The van der Waals surface area contributed by atoms with E-state index in [1.54, 1.807) is 18.5 Å². The molecule has 0 atom stereocenters. The van der Waals surface area contributed by atoms with Gasteiger partial charge in [-0.15, -0.1) is 35.0 Å². The normalized spacial score (nSPS) is 9.91. The highest BCUT2D eigenvalue weighted by Crippen LogP contribution is 2.09. The van der Waals surface area contributed by atoms with Crippen molar-refractivity contribution >= 4 is 30.7 Å². The van der Waals surface area contributed by atoms with Crippen molar-refractivity contribution in [2.45, 2.75) is 32.9 Å². The lowest BCUT2D eigenvalue weighted by Crippen LogP contribution is -2.27. The molecule has 1 heterocycles. The molecule has 1 aromatic carbocycles. The third-order valence-electron chi connectivity index (χ3n) is 3.25. The summed E-state index contributed by atoms with van der Waals surface area (Å²) in [6.45, 7) is 5.81. The Balaban J connectivity index is 0.00000242. The number of hydrogen-bond acceptors (Lipinski definition) is 4. The highest BCUT2D eigenvalue weighted by molar-refractivity contribution is 5.94. The van der Waals surface area contributed by atoms with E-state index in [1.807, 2.05) is 16.7 Å². The molecule has 0 fully saturated rings. The Labute approximate surface area is 148 Å². The van der Waals surface area contributed by atoms with Crippen LogP contribution in [0.25, 0.3) is 0 Å². The summed E-state index contributed by atoms with van der Waals surface area (Å²) >= 11 is 0. The number of carbonyl (C=O) groups is 1. The van der Waals surface area contributed by atoms with Crippen LogP contribution in [0.3, 0.4) is 0 Å². The fourth-order valence-electron chi connectivity index (χ4n) is 2.07. The Bertz CT molecular complexity index is 598. The average Bonchev–Trinajstić information content (AvgIpc) is 2.96. The highest BCUT2D eigenvalue weighted by atomic mass is 35.5. The number of nitrogens with one attached hydrogen (secondary N) is 1. The number of benzene rings is 1. The molecule has 2 aromatic rings. The van der Waals surface area contributed by atoms with E-state index in [2.05, 4.69) is 29.4 Å². The number of amides is 1. The molecule has 0 saturated carbocycles. The molecule has 1 amide bonds. The number of aromatic nitrogens is 3. The molecule has 8 heteroatoms. The van der Waals surface area contributed by atoms with Gasteiger partial charge in [-0.25, -0.2) is 0 Å². The van der Waals surface area contributed by atoms with E-state index in [4.69, 9.17) is 5.73 Å². The van der Waals surface area contributed by atoms with Gasteiger partial charge in [0.2, 0.25) is 0 Å². The van der Waals surface area contributed by atoms with Crippen molar-refractivity contribution in [2.24, 2.45) is 5.73 Å². The Kier molecular flexibility index (Phi) is 9.48. The van der Waals surface area contributed by atoms with E-state index in [0.29, 0.717) is 31.1 Å². The van der Waals surface area contributed by atoms with Crippen LogP contribution in [0.2, 0.25) is 0 Å². The summed E-state index contributed by atoms with van der Waals surface area (Å²) in [5.41, 5.74) is 7.18. The smallest absolute Gasteiger partial charge is 0.251 e. The fourth-order valence-corrected chi connectivity index (χ4v) is 2.07. The summed E-state index contributed by atoms with van der Waals surface area (Å²) < 4.78 is 1.96. The maximum atomic E-state index is 12.0. The first-order valence-corrected chi connectivity index (χ1v) is 7.06. The largest absolute Gasteiger partial charge is 0.350 e. The lowest BCUT2D eigenvalue weighted by molar-refractivity contribution is 0.0952. The van der Waals surface area contributed by atoms with E-state index in [-0.39, 0.29) is 30.7 Å². The lowest BCUT2D eigenvalue weighted by Gasteiger charge is -2.10. The van der Waals surface area contributed by atoms with Gasteiger partial charge < -0.3 is 15.6 Å². The van der Waals surface area contributed by atoms with Crippen molar-refractivity contribution in [3.8, 4) is 0 Å². The number of nitrogens with zero attached hydrogens (tertiary/aromatic N) is 3. The second kappa shape index (κ2) is 10.2. The van der Waals surface area contributed by atoms with Gasteiger partial charge in [0, 0.05) is 31.1 Å². The topological polar surface area (TPSA) is 85.8 Å². The zero-order chi connectivity index (χ0) is 15.2. The quantitative estimate of drug-likeness (QED) is 0.826. The molecule has 0 radical (unpaired) electrons. The zero-order valence-corrected chi connectivity index (χ0v) is 14.9. The van der Waals surface area contributed by atoms with E-state index in [9.17, 15) is 4.79 Å². The molecule has 0 aliphatic rings. The molecule has 0 unspecified atom stereocenters. The molecule has 128 valence electrons. The first-order chi connectivity index (χ1) is 10.1. The van der Waals surface area contributed by atoms with Crippen molar-refractivity contribution in [2.75, 3.05) is 6.54 Å². The third-order valence-corrected chi connectivity index (χ3v) is 3.25. The predicted octanol–water partition coefficient (Wildman–Crippen LogP) is 2.13. The van der Waals surface area contributed by atoms with Gasteiger partial charge in [0.05, 0.1) is 0 Å². The first kappa shape index (κ1) is 21.4. The molecule has 3 N–H and O–H groups in total. The highest BCUT2D eigenvalue weighted by Gasteiger charge is 2.09. The van der Waals surface area contributed by atoms with Crippen molar-refractivity contribution in [3.05, 3.63) is 47.5 Å². The number of halogens is 2. The average molecular weight is 360 g/mol. The van der Waals surface area contributed by atoms with Crippen LogP contribution < -0.4 is 11.1 Å². The number of nitrogens with two attached hydrogens (primary N) is 1. The maximum absolute atomic E-state index is 12.0. The zero-order valence-electron chi connectivity index (χ0n) is 13.2. The minimum atomic E-state index is -0.0854.